The molecule has 0 aromatic heterocycles. The van der Waals surface area contributed by atoms with Gasteiger partial charge in [-0.25, -0.2) is 18.0 Å². The fraction of sp³-hybridized carbons (Fsp3) is 0.318. The molecule has 1 unspecified atom stereocenters. The summed E-state index contributed by atoms with van der Waals surface area (Å²) in [5.41, 5.74) is 5.98. The average molecular weight is 534 g/mol. The Morgan fingerprint density at radius 2 is 1.83 bits per heavy atom. The van der Waals surface area contributed by atoms with Crippen LogP contribution in [0.3, 0.4) is 0 Å². The molecule has 190 valence electrons. The highest BCUT2D eigenvalue weighted by Crippen LogP contribution is 2.26. The minimum Gasteiger partial charge on any atom is -0.507 e. The van der Waals surface area contributed by atoms with Crippen LogP contribution in [0.4, 0.5) is 13.2 Å². The largest absolute Gasteiger partial charge is 0.507 e. The van der Waals surface area contributed by atoms with Crippen molar-refractivity contribution in [3.63, 3.8) is 0 Å². The van der Waals surface area contributed by atoms with Crippen LogP contribution in [-0.2, 0) is 22.6 Å². The van der Waals surface area contributed by atoms with E-state index in [1.54, 1.807) is 0 Å². The zero-order chi connectivity index (χ0) is 25.0. The van der Waals surface area contributed by atoms with E-state index >= 15 is 0 Å². The molecule has 0 aliphatic carbocycles. The molecule has 1 fully saturated rings. The number of halogens is 4. The Morgan fingerprint density at radius 1 is 1.14 bits per heavy atom. The van der Waals surface area contributed by atoms with Gasteiger partial charge in [-0.2, -0.15) is 0 Å². The normalized spacial score (nSPS) is 15.9. The molecular weight excluding hydrogens is 511 g/mol. The number of hydrogen-bond acceptors (Lipinski definition) is 6. The Hall–Kier alpha value is -2.96. The predicted octanol–water partition coefficient (Wildman–Crippen LogP) is 2.41. The minimum atomic E-state index is -1.32. The summed E-state index contributed by atoms with van der Waals surface area (Å²) in [4.78, 5) is 37.7. The second-order valence-corrected chi connectivity index (χ2v) is 8.90. The number of phenols is 1. The van der Waals surface area contributed by atoms with Crippen LogP contribution in [0.2, 0.25) is 0 Å². The lowest BCUT2D eigenvalue weighted by Crippen LogP contribution is -2.46. The van der Waals surface area contributed by atoms with Crippen molar-refractivity contribution in [1.82, 2.24) is 10.2 Å². The van der Waals surface area contributed by atoms with Crippen LogP contribution in [0.25, 0.3) is 0 Å². The molecule has 2 aromatic carbocycles. The van der Waals surface area contributed by atoms with Crippen LogP contribution in [0, 0.1) is 17.5 Å². The molecule has 1 aliphatic rings. The SMILES string of the molecule is Cl.N[C@@H](CC(=O)N1CCSC1C(=O)NCc1ccc(C(=O)O)c(O)c1)Cc1cc(F)c(F)cc1F. The van der Waals surface area contributed by atoms with E-state index in [0.717, 1.165) is 0 Å². The van der Waals surface area contributed by atoms with E-state index in [-0.39, 0.29) is 42.9 Å². The van der Waals surface area contributed by atoms with Gasteiger partial charge in [0.15, 0.2) is 17.0 Å². The van der Waals surface area contributed by atoms with Gasteiger partial charge in [0, 0.05) is 37.4 Å². The van der Waals surface area contributed by atoms with Crippen LogP contribution >= 0.6 is 24.2 Å². The summed E-state index contributed by atoms with van der Waals surface area (Å²) in [6.45, 7) is 0.294. The van der Waals surface area contributed by atoms with Crippen LogP contribution in [0.5, 0.6) is 5.75 Å². The summed E-state index contributed by atoms with van der Waals surface area (Å²) >= 11 is 1.24. The van der Waals surface area contributed by atoms with Crippen molar-refractivity contribution in [1.29, 1.82) is 0 Å². The number of rotatable bonds is 8. The lowest BCUT2D eigenvalue weighted by molar-refractivity contribution is -0.136. The fourth-order valence-corrected chi connectivity index (χ4v) is 4.67. The number of aromatic carboxylic acids is 1. The van der Waals surface area contributed by atoms with E-state index in [1.165, 1.54) is 34.9 Å². The van der Waals surface area contributed by atoms with E-state index in [4.69, 9.17) is 10.8 Å². The van der Waals surface area contributed by atoms with Gasteiger partial charge in [0.1, 0.15) is 17.1 Å². The summed E-state index contributed by atoms with van der Waals surface area (Å²) in [7, 11) is 0. The van der Waals surface area contributed by atoms with Crippen molar-refractivity contribution in [2.75, 3.05) is 12.3 Å². The van der Waals surface area contributed by atoms with E-state index in [0.29, 0.717) is 30.0 Å². The van der Waals surface area contributed by atoms with E-state index < -0.39 is 52.4 Å². The topological polar surface area (TPSA) is 133 Å². The second-order valence-electron chi connectivity index (χ2n) is 7.71. The Kier molecular flexibility index (Phi) is 9.81. The lowest BCUT2D eigenvalue weighted by Gasteiger charge is -2.24. The molecule has 2 atom stereocenters. The Morgan fingerprint density at radius 3 is 2.49 bits per heavy atom. The zero-order valence-corrected chi connectivity index (χ0v) is 19.8. The van der Waals surface area contributed by atoms with E-state index in [2.05, 4.69) is 5.32 Å². The third kappa shape index (κ3) is 7.03. The fourth-order valence-electron chi connectivity index (χ4n) is 3.50. The van der Waals surface area contributed by atoms with Crippen LogP contribution in [-0.4, -0.2) is 56.6 Å². The molecule has 0 radical (unpaired) electrons. The number of nitrogens with one attached hydrogen (secondary N) is 1. The van der Waals surface area contributed by atoms with Crippen molar-refractivity contribution in [2.45, 2.75) is 30.8 Å². The summed E-state index contributed by atoms with van der Waals surface area (Å²) in [5, 5.41) is 20.5. The van der Waals surface area contributed by atoms with Gasteiger partial charge in [-0.15, -0.1) is 24.2 Å². The molecule has 1 heterocycles. The number of carbonyl (C=O) groups excluding carboxylic acids is 2. The summed E-state index contributed by atoms with van der Waals surface area (Å²) in [6.07, 6.45) is -0.421. The van der Waals surface area contributed by atoms with Crippen molar-refractivity contribution < 1.29 is 37.8 Å². The molecule has 35 heavy (non-hydrogen) atoms. The van der Waals surface area contributed by atoms with Crippen LogP contribution in [0.1, 0.15) is 27.9 Å². The molecular formula is C22H23ClF3N3O5S. The van der Waals surface area contributed by atoms with Gasteiger partial charge in [-0.1, -0.05) is 6.07 Å². The summed E-state index contributed by atoms with van der Waals surface area (Å²) in [5.74, 6) is -5.60. The lowest BCUT2D eigenvalue weighted by atomic mass is 10.0. The zero-order valence-electron chi connectivity index (χ0n) is 18.2. The highest BCUT2D eigenvalue weighted by Gasteiger charge is 2.35. The van der Waals surface area contributed by atoms with Crippen molar-refractivity contribution in [2.24, 2.45) is 5.73 Å². The second kappa shape index (κ2) is 12.1. The van der Waals surface area contributed by atoms with Crippen LogP contribution < -0.4 is 11.1 Å². The van der Waals surface area contributed by atoms with E-state index in [9.17, 15) is 32.7 Å². The van der Waals surface area contributed by atoms with Crippen molar-refractivity contribution >= 4 is 42.0 Å². The first-order valence-electron chi connectivity index (χ1n) is 10.2. The van der Waals surface area contributed by atoms with Crippen molar-refractivity contribution in [3.8, 4) is 5.75 Å². The summed E-state index contributed by atoms with van der Waals surface area (Å²) < 4.78 is 40.3. The van der Waals surface area contributed by atoms with Gasteiger partial charge in [0.25, 0.3) is 5.91 Å². The highest BCUT2D eigenvalue weighted by atomic mass is 35.5. The first-order chi connectivity index (χ1) is 16.1. The number of nitrogens with zero attached hydrogens (tertiary/aromatic N) is 1. The molecule has 2 amide bonds. The average Bonchev–Trinajstić information content (AvgIpc) is 3.26. The smallest absolute Gasteiger partial charge is 0.339 e. The maximum absolute atomic E-state index is 13.8. The maximum atomic E-state index is 13.8. The minimum absolute atomic E-state index is 0. The first kappa shape index (κ1) is 28.3. The molecule has 13 heteroatoms. The third-order valence-corrected chi connectivity index (χ3v) is 6.41. The molecule has 1 aliphatic heterocycles. The number of benzene rings is 2. The summed E-state index contributed by atoms with van der Waals surface area (Å²) in [6, 6.07) is 4.15. The van der Waals surface area contributed by atoms with Gasteiger partial charge in [0.05, 0.1) is 0 Å². The van der Waals surface area contributed by atoms with Crippen molar-refractivity contribution in [3.05, 3.63) is 64.5 Å². The maximum Gasteiger partial charge on any atom is 0.339 e. The number of thioether (sulfide) groups is 1. The molecule has 8 nitrogen and oxygen atoms in total. The van der Waals surface area contributed by atoms with Gasteiger partial charge in [-0.05, 0) is 35.7 Å². The molecule has 0 bridgehead atoms. The number of nitrogens with two attached hydrogens (primary N) is 1. The number of hydrogen-bond donors (Lipinski definition) is 4. The molecule has 3 rings (SSSR count). The van der Waals surface area contributed by atoms with Gasteiger partial charge < -0.3 is 26.2 Å². The quantitative estimate of drug-likeness (QED) is 0.383. The molecule has 1 saturated heterocycles. The van der Waals surface area contributed by atoms with Crippen LogP contribution in [0.15, 0.2) is 30.3 Å². The number of aromatic hydroxyl groups is 1. The molecule has 0 spiro atoms. The Balaban J connectivity index is 0.00000432. The standard InChI is InChI=1S/C22H22F3N3O5S.ClH/c23-15-9-17(25)16(24)7-12(15)6-13(26)8-19(30)28-3-4-34-21(28)20(31)27-10-11-1-2-14(22(32)33)18(29)5-11;/h1-2,5,7,9,13,21,29H,3-4,6,8,10,26H2,(H,27,31)(H,32,33);1H/t13-,21?;/m1./s1. The monoisotopic (exact) mass is 533 g/mol. The first-order valence-corrected chi connectivity index (χ1v) is 11.2. The van der Waals surface area contributed by atoms with Gasteiger partial charge >= 0.3 is 5.97 Å². The Labute approximate surface area is 209 Å². The van der Waals surface area contributed by atoms with E-state index in [1.807, 2.05) is 0 Å². The third-order valence-electron chi connectivity index (χ3n) is 5.20. The number of carboxylic acids is 1. The predicted molar refractivity (Wildman–Crippen MR) is 125 cm³/mol. The van der Waals surface area contributed by atoms with Gasteiger partial charge in [-0.3, -0.25) is 9.59 Å². The molecule has 0 saturated carbocycles. The highest BCUT2D eigenvalue weighted by molar-refractivity contribution is 8.00. The molecule has 5 N–H and O–H groups in total. The number of carbonyl (C=O) groups is 3. The Bertz CT molecular complexity index is 1120. The molecule has 2 aromatic rings. The number of carboxylic acid groups (broad SMARTS) is 1. The number of amides is 2. The van der Waals surface area contributed by atoms with Gasteiger partial charge in [0.2, 0.25) is 5.91 Å².